The lowest BCUT2D eigenvalue weighted by molar-refractivity contribution is 0.185. The van der Waals surface area contributed by atoms with E-state index in [0.717, 1.165) is 6.54 Å². The standard InChI is InChI=1S/C16H20N2O/c1-13(16-6-8-17-9-7-16)18-11-14-4-3-5-15(10-14)12-19-2/h3-10,13,18H,11-12H2,1-2H3. The second-order valence-electron chi connectivity index (χ2n) is 4.64. The molecule has 1 unspecified atom stereocenters. The Bertz CT molecular complexity index is 499. The Kier molecular flexibility index (Phi) is 5.07. The molecule has 0 fully saturated rings. The van der Waals surface area contributed by atoms with E-state index < -0.39 is 0 Å². The van der Waals surface area contributed by atoms with Gasteiger partial charge in [0.2, 0.25) is 0 Å². The van der Waals surface area contributed by atoms with Crippen LogP contribution in [-0.4, -0.2) is 12.1 Å². The predicted molar refractivity (Wildman–Crippen MR) is 76.6 cm³/mol. The van der Waals surface area contributed by atoms with E-state index in [4.69, 9.17) is 4.74 Å². The van der Waals surface area contributed by atoms with E-state index in [1.54, 1.807) is 7.11 Å². The number of rotatable bonds is 6. The predicted octanol–water partition coefficient (Wildman–Crippen LogP) is 3.08. The molecule has 0 radical (unpaired) electrons. The highest BCUT2D eigenvalue weighted by atomic mass is 16.5. The summed E-state index contributed by atoms with van der Waals surface area (Å²) in [5, 5.41) is 3.52. The van der Waals surface area contributed by atoms with Crippen molar-refractivity contribution in [2.75, 3.05) is 7.11 Å². The zero-order valence-electron chi connectivity index (χ0n) is 11.5. The molecule has 0 bridgehead atoms. The molecule has 0 saturated heterocycles. The number of benzene rings is 1. The van der Waals surface area contributed by atoms with Crippen molar-refractivity contribution >= 4 is 0 Å². The van der Waals surface area contributed by atoms with E-state index in [2.05, 4.69) is 41.5 Å². The molecular weight excluding hydrogens is 236 g/mol. The molecule has 1 heterocycles. The minimum Gasteiger partial charge on any atom is -0.380 e. The van der Waals surface area contributed by atoms with Crippen molar-refractivity contribution in [3.8, 4) is 0 Å². The third-order valence-electron chi connectivity index (χ3n) is 3.12. The molecule has 1 aromatic carbocycles. The minimum absolute atomic E-state index is 0.314. The maximum atomic E-state index is 5.15. The van der Waals surface area contributed by atoms with Crippen molar-refractivity contribution in [1.29, 1.82) is 0 Å². The molecule has 3 heteroatoms. The van der Waals surface area contributed by atoms with Crippen LogP contribution in [0.25, 0.3) is 0 Å². The topological polar surface area (TPSA) is 34.1 Å². The Morgan fingerprint density at radius 3 is 2.63 bits per heavy atom. The molecular formula is C16H20N2O. The number of nitrogens with one attached hydrogen (secondary N) is 1. The van der Waals surface area contributed by atoms with E-state index >= 15 is 0 Å². The van der Waals surface area contributed by atoms with Crippen LogP contribution in [0.2, 0.25) is 0 Å². The van der Waals surface area contributed by atoms with Gasteiger partial charge in [-0.25, -0.2) is 0 Å². The quantitative estimate of drug-likeness (QED) is 0.862. The fourth-order valence-electron chi connectivity index (χ4n) is 2.04. The molecule has 3 nitrogen and oxygen atoms in total. The van der Waals surface area contributed by atoms with Crippen molar-refractivity contribution in [1.82, 2.24) is 10.3 Å². The number of methoxy groups -OCH3 is 1. The molecule has 1 atom stereocenters. The van der Waals surface area contributed by atoms with Gasteiger partial charge in [0.25, 0.3) is 0 Å². The molecule has 0 saturated carbocycles. The van der Waals surface area contributed by atoms with Gasteiger partial charge >= 0.3 is 0 Å². The van der Waals surface area contributed by atoms with Crippen LogP contribution in [0.3, 0.4) is 0 Å². The first-order chi connectivity index (χ1) is 9.29. The van der Waals surface area contributed by atoms with Gasteiger partial charge in [-0.1, -0.05) is 24.3 Å². The molecule has 19 heavy (non-hydrogen) atoms. The summed E-state index contributed by atoms with van der Waals surface area (Å²) < 4.78 is 5.15. The molecule has 0 amide bonds. The number of aromatic nitrogens is 1. The van der Waals surface area contributed by atoms with Crippen LogP contribution in [-0.2, 0) is 17.9 Å². The van der Waals surface area contributed by atoms with Crippen molar-refractivity contribution in [2.45, 2.75) is 26.1 Å². The highest BCUT2D eigenvalue weighted by molar-refractivity contribution is 5.23. The zero-order valence-corrected chi connectivity index (χ0v) is 11.5. The van der Waals surface area contributed by atoms with Gasteiger partial charge < -0.3 is 10.1 Å². The van der Waals surface area contributed by atoms with Gasteiger partial charge in [0.05, 0.1) is 6.61 Å². The van der Waals surface area contributed by atoms with E-state index in [9.17, 15) is 0 Å². The van der Waals surface area contributed by atoms with Gasteiger partial charge in [0.15, 0.2) is 0 Å². The van der Waals surface area contributed by atoms with Crippen LogP contribution in [0.5, 0.6) is 0 Å². The molecule has 2 rings (SSSR count). The highest BCUT2D eigenvalue weighted by Gasteiger charge is 2.04. The summed E-state index contributed by atoms with van der Waals surface area (Å²) in [4.78, 5) is 4.04. The van der Waals surface area contributed by atoms with Crippen LogP contribution in [0.4, 0.5) is 0 Å². The SMILES string of the molecule is COCc1cccc(CNC(C)c2ccncc2)c1. The number of nitrogens with zero attached hydrogens (tertiary/aromatic N) is 1. The number of pyridine rings is 1. The van der Waals surface area contributed by atoms with E-state index in [1.165, 1.54) is 16.7 Å². The summed E-state index contributed by atoms with van der Waals surface area (Å²) in [6.07, 6.45) is 3.65. The number of hydrogen-bond donors (Lipinski definition) is 1. The number of ether oxygens (including phenoxy) is 1. The highest BCUT2D eigenvalue weighted by Crippen LogP contribution is 2.12. The van der Waals surface area contributed by atoms with Crippen molar-refractivity contribution in [3.63, 3.8) is 0 Å². The van der Waals surface area contributed by atoms with Gasteiger partial charge in [-0.05, 0) is 35.7 Å². The monoisotopic (exact) mass is 256 g/mol. The van der Waals surface area contributed by atoms with Gasteiger partial charge in [-0.3, -0.25) is 4.98 Å². The summed E-state index contributed by atoms with van der Waals surface area (Å²) in [5.74, 6) is 0. The first-order valence-corrected chi connectivity index (χ1v) is 6.49. The first-order valence-electron chi connectivity index (χ1n) is 6.49. The van der Waals surface area contributed by atoms with Crippen molar-refractivity contribution in [3.05, 3.63) is 65.5 Å². The lowest BCUT2D eigenvalue weighted by Gasteiger charge is -2.14. The van der Waals surface area contributed by atoms with Crippen molar-refractivity contribution in [2.24, 2.45) is 0 Å². The average Bonchev–Trinajstić information content (AvgIpc) is 2.46. The van der Waals surface area contributed by atoms with Gasteiger partial charge in [-0.15, -0.1) is 0 Å². The maximum Gasteiger partial charge on any atom is 0.0713 e. The Labute approximate surface area is 114 Å². The second kappa shape index (κ2) is 7.02. The number of hydrogen-bond acceptors (Lipinski definition) is 3. The van der Waals surface area contributed by atoms with Crippen LogP contribution < -0.4 is 5.32 Å². The molecule has 1 aromatic heterocycles. The third kappa shape index (κ3) is 4.16. The lowest BCUT2D eigenvalue weighted by atomic mass is 10.1. The van der Waals surface area contributed by atoms with Gasteiger partial charge in [0.1, 0.15) is 0 Å². The molecule has 0 spiro atoms. The Morgan fingerprint density at radius 2 is 1.89 bits per heavy atom. The zero-order chi connectivity index (χ0) is 13.5. The molecule has 1 N–H and O–H groups in total. The van der Waals surface area contributed by atoms with Gasteiger partial charge in [0, 0.05) is 32.1 Å². The smallest absolute Gasteiger partial charge is 0.0713 e. The second-order valence-corrected chi connectivity index (χ2v) is 4.64. The molecule has 2 aromatic rings. The molecule has 100 valence electrons. The summed E-state index contributed by atoms with van der Waals surface area (Å²) in [5.41, 5.74) is 3.73. The fraction of sp³-hybridized carbons (Fsp3) is 0.312. The Hall–Kier alpha value is -1.71. The Morgan fingerprint density at radius 1 is 1.16 bits per heavy atom. The summed E-state index contributed by atoms with van der Waals surface area (Å²) >= 11 is 0. The van der Waals surface area contributed by atoms with Gasteiger partial charge in [-0.2, -0.15) is 0 Å². The molecule has 0 aliphatic rings. The maximum absolute atomic E-state index is 5.15. The fourth-order valence-corrected chi connectivity index (χ4v) is 2.04. The van der Waals surface area contributed by atoms with Crippen LogP contribution in [0, 0.1) is 0 Å². The summed E-state index contributed by atoms with van der Waals surface area (Å²) in [7, 11) is 1.72. The van der Waals surface area contributed by atoms with E-state index in [-0.39, 0.29) is 0 Å². The third-order valence-corrected chi connectivity index (χ3v) is 3.12. The molecule has 0 aliphatic heterocycles. The first kappa shape index (κ1) is 13.7. The van der Waals surface area contributed by atoms with Crippen LogP contribution >= 0.6 is 0 Å². The van der Waals surface area contributed by atoms with Crippen LogP contribution in [0.1, 0.15) is 29.7 Å². The lowest BCUT2D eigenvalue weighted by Crippen LogP contribution is -2.18. The van der Waals surface area contributed by atoms with E-state index in [0.29, 0.717) is 12.6 Å². The normalized spacial score (nSPS) is 12.3. The van der Waals surface area contributed by atoms with E-state index in [1.807, 2.05) is 24.5 Å². The molecule has 0 aliphatic carbocycles. The largest absolute Gasteiger partial charge is 0.380 e. The van der Waals surface area contributed by atoms with Crippen LogP contribution in [0.15, 0.2) is 48.8 Å². The summed E-state index contributed by atoms with van der Waals surface area (Å²) in [6, 6.07) is 12.9. The minimum atomic E-state index is 0.314. The van der Waals surface area contributed by atoms with Crippen molar-refractivity contribution < 1.29 is 4.74 Å². The Balaban J connectivity index is 1.93. The summed E-state index contributed by atoms with van der Waals surface area (Å²) in [6.45, 7) is 3.67. The average molecular weight is 256 g/mol.